The lowest BCUT2D eigenvalue weighted by molar-refractivity contribution is -0.118. The van der Waals surface area contributed by atoms with Crippen LogP contribution in [0.1, 0.15) is 29.5 Å². The van der Waals surface area contributed by atoms with Crippen molar-refractivity contribution < 1.29 is 13.6 Å². The predicted octanol–water partition coefficient (Wildman–Crippen LogP) is 4.11. The lowest BCUT2D eigenvalue weighted by Gasteiger charge is -2.16. The largest absolute Gasteiger partial charge is 0.352 e. The second-order valence-corrected chi connectivity index (χ2v) is 6.01. The molecule has 3 nitrogen and oxygen atoms in total. The lowest BCUT2D eigenvalue weighted by atomic mass is 9.92. The first-order valence-electron chi connectivity index (χ1n) is 7.98. The minimum absolute atomic E-state index is 0.109. The predicted molar refractivity (Wildman–Crippen MR) is 91.5 cm³/mol. The van der Waals surface area contributed by atoms with E-state index in [1.54, 1.807) is 18.2 Å². The molecule has 1 amide bonds. The second-order valence-electron chi connectivity index (χ2n) is 6.01. The average Bonchev–Trinajstić information content (AvgIpc) is 2.61. The van der Waals surface area contributed by atoms with Gasteiger partial charge in [-0.1, -0.05) is 6.07 Å². The number of nitrogens with one attached hydrogen (secondary N) is 1. The molecule has 1 saturated heterocycles. The fraction of sp³-hybridized carbons (Fsp3) is 0.200. The van der Waals surface area contributed by atoms with E-state index >= 15 is 0 Å². The van der Waals surface area contributed by atoms with Crippen LogP contribution in [0, 0.1) is 29.9 Å². The Morgan fingerprint density at radius 1 is 1.20 bits per heavy atom. The van der Waals surface area contributed by atoms with Crippen molar-refractivity contribution in [3.05, 3.63) is 64.2 Å². The van der Waals surface area contributed by atoms with Gasteiger partial charge in [-0.3, -0.25) is 4.79 Å². The molecule has 0 atom stereocenters. The zero-order valence-corrected chi connectivity index (χ0v) is 13.7. The summed E-state index contributed by atoms with van der Waals surface area (Å²) in [5.74, 6) is -1.97. The maximum absolute atomic E-state index is 13.6. The van der Waals surface area contributed by atoms with Gasteiger partial charge in [-0.05, 0) is 72.4 Å². The van der Waals surface area contributed by atoms with Gasteiger partial charge >= 0.3 is 0 Å². The molecule has 5 heteroatoms. The molecule has 1 heterocycles. The number of carbonyl (C=O) groups is 1. The van der Waals surface area contributed by atoms with E-state index in [4.69, 9.17) is 0 Å². The highest BCUT2D eigenvalue weighted by molar-refractivity contribution is 5.99. The highest BCUT2D eigenvalue weighted by Gasteiger charge is 2.16. The van der Waals surface area contributed by atoms with Crippen molar-refractivity contribution in [1.82, 2.24) is 5.32 Å². The number of carbonyl (C=O) groups excluding carboxylic acids is 1. The van der Waals surface area contributed by atoms with Crippen LogP contribution in [0.15, 0.2) is 35.9 Å². The van der Waals surface area contributed by atoms with Gasteiger partial charge in [-0.15, -0.1) is 0 Å². The summed E-state index contributed by atoms with van der Waals surface area (Å²) in [6.45, 7) is 2.50. The summed E-state index contributed by atoms with van der Waals surface area (Å²) in [6, 6.07) is 9.09. The number of benzene rings is 2. The molecule has 0 unspecified atom stereocenters. The van der Waals surface area contributed by atoms with Crippen LogP contribution in [0.2, 0.25) is 0 Å². The Bertz CT molecular complexity index is 926. The molecule has 1 N–H and O–H groups in total. The lowest BCUT2D eigenvalue weighted by Crippen LogP contribution is -2.30. The Balaban J connectivity index is 2.14. The average molecular weight is 338 g/mol. The van der Waals surface area contributed by atoms with Crippen molar-refractivity contribution in [1.29, 1.82) is 5.26 Å². The molecule has 25 heavy (non-hydrogen) atoms. The van der Waals surface area contributed by atoms with Gasteiger partial charge in [0.1, 0.15) is 0 Å². The third kappa shape index (κ3) is 3.43. The van der Waals surface area contributed by atoms with E-state index in [2.05, 4.69) is 11.4 Å². The van der Waals surface area contributed by atoms with E-state index in [0.717, 1.165) is 29.7 Å². The number of halogens is 2. The summed E-state index contributed by atoms with van der Waals surface area (Å²) in [5, 5.41) is 12.1. The first kappa shape index (κ1) is 16.8. The number of hydrogen-bond acceptors (Lipinski definition) is 2. The first-order valence-corrected chi connectivity index (χ1v) is 7.98. The SMILES string of the molecule is Cc1c(/C=C2\CCCNC2=O)cc(C#N)cc1-c1ccc(F)c(F)c1. The molecule has 0 aliphatic carbocycles. The van der Waals surface area contributed by atoms with Crippen molar-refractivity contribution in [2.75, 3.05) is 6.54 Å². The van der Waals surface area contributed by atoms with E-state index in [1.165, 1.54) is 6.07 Å². The van der Waals surface area contributed by atoms with Gasteiger partial charge in [-0.25, -0.2) is 8.78 Å². The van der Waals surface area contributed by atoms with E-state index in [1.807, 2.05) is 6.92 Å². The number of piperidine rings is 1. The molecule has 126 valence electrons. The van der Waals surface area contributed by atoms with Gasteiger partial charge in [0.05, 0.1) is 11.6 Å². The number of nitriles is 1. The van der Waals surface area contributed by atoms with Crippen LogP contribution in [0.3, 0.4) is 0 Å². The highest BCUT2D eigenvalue weighted by atomic mass is 19.2. The van der Waals surface area contributed by atoms with Crippen LogP contribution < -0.4 is 5.32 Å². The second kappa shape index (κ2) is 6.86. The van der Waals surface area contributed by atoms with E-state index < -0.39 is 11.6 Å². The standard InChI is InChI=1S/C20H16F2N2O/c1-12-16(9-15-3-2-6-24-20(15)25)7-13(11-23)8-17(12)14-4-5-18(21)19(22)10-14/h4-5,7-10H,2-3,6H2,1H3,(H,24,25)/b15-9+. The molecule has 0 saturated carbocycles. The van der Waals surface area contributed by atoms with E-state index in [0.29, 0.717) is 35.2 Å². The van der Waals surface area contributed by atoms with Crippen molar-refractivity contribution in [2.45, 2.75) is 19.8 Å². The maximum Gasteiger partial charge on any atom is 0.247 e. The Morgan fingerprint density at radius 3 is 2.68 bits per heavy atom. The molecule has 1 aliphatic heterocycles. The molecule has 0 bridgehead atoms. The quantitative estimate of drug-likeness (QED) is 0.838. The molecular weight excluding hydrogens is 322 g/mol. The Labute approximate surface area is 144 Å². The molecule has 2 aromatic carbocycles. The van der Waals surface area contributed by atoms with Crippen LogP contribution in [0.5, 0.6) is 0 Å². The Hall–Kier alpha value is -3.00. The van der Waals surface area contributed by atoms with Crippen molar-refractivity contribution >= 4 is 12.0 Å². The molecule has 1 aliphatic rings. The zero-order valence-electron chi connectivity index (χ0n) is 13.7. The third-order valence-electron chi connectivity index (χ3n) is 4.34. The molecule has 0 aromatic heterocycles. The van der Waals surface area contributed by atoms with Gasteiger partial charge in [-0.2, -0.15) is 5.26 Å². The van der Waals surface area contributed by atoms with Crippen LogP contribution >= 0.6 is 0 Å². The maximum atomic E-state index is 13.6. The number of hydrogen-bond donors (Lipinski definition) is 1. The molecule has 2 aromatic rings. The van der Waals surface area contributed by atoms with Crippen molar-refractivity contribution in [2.24, 2.45) is 0 Å². The monoisotopic (exact) mass is 338 g/mol. The van der Waals surface area contributed by atoms with Crippen LogP contribution in [-0.4, -0.2) is 12.5 Å². The van der Waals surface area contributed by atoms with Gasteiger partial charge in [0.15, 0.2) is 11.6 Å². The zero-order chi connectivity index (χ0) is 18.0. The first-order chi connectivity index (χ1) is 12.0. The van der Waals surface area contributed by atoms with Gasteiger partial charge in [0, 0.05) is 12.1 Å². The third-order valence-corrected chi connectivity index (χ3v) is 4.34. The van der Waals surface area contributed by atoms with Crippen LogP contribution in [0.4, 0.5) is 8.78 Å². The number of amides is 1. The van der Waals surface area contributed by atoms with Gasteiger partial charge in [0.2, 0.25) is 5.91 Å². The summed E-state index contributed by atoms with van der Waals surface area (Å²) < 4.78 is 26.8. The van der Waals surface area contributed by atoms with Crippen LogP contribution in [-0.2, 0) is 4.79 Å². The fourth-order valence-corrected chi connectivity index (χ4v) is 2.95. The molecule has 0 radical (unpaired) electrons. The van der Waals surface area contributed by atoms with Gasteiger partial charge < -0.3 is 5.32 Å². The van der Waals surface area contributed by atoms with Crippen molar-refractivity contribution in [3.63, 3.8) is 0 Å². The fourth-order valence-electron chi connectivity index (χ4n) is 2.95. The van der Waals surface area contributed by atoms with E-state index in [9.17, 15) is 18.8 Å². The van der Waals surface area contributed by atoms with Gasteiger partial charge in [0.25, 0.3) is 0 Å². The summed E-state index contributed by atoms with van der Waals surface area (Å²) in [7, 11) is 0. The summed E-state index contributed by atoms with van der Waals surface area (Å²) >= 11 is 0. The smallest absolute Gasteiger partial charge is 0.247 e. The highest BCUT2D eigenvalue weighted by Crippen LogP contribution is 2.30. The normalized spacial score (nSPS) is 15.8. The molecule has 0 spiro atoms. The summed E-state index contributed by atoms with van der Waals surface area (Å²) in [4.78, 5) is 12.0. The minimum Gasteiger partial charge on any atom is -0.352 e. The molecule has 1 fully saturated rings. The van der Waals surface area contributed by atoms with Crippen LogP contribution in [0.25, 0.3) is 17.2 Å². The summed E-state index contributed by atoms with van der Waals surface area (Å²) in [5.41, 5.74) is 3.71. The molecular formula is C20H16F2N2O. The summed E-state index contributed by atoms with van der Waals surface area (Å²) in [6.07, 6.45) is 3.31. The van der Waals surface area contributed by atoms with E-state index in [-0.39, 0.29) is 5.91 Å². The minimum atomic E-state index is -0.939. The Morgan fingerprint density at radius 2 is 2.00 bits per heavy atom. The molecule has 3 rings (SSSR count). The number of nitrogens with zero attached hydrogens (tertiary/aromatic N) is 1. The number of rotatable bonds is 2. The van der Waals surface area contributed by atoms with Crippen molar-refractivity contribution in [3.8, 4) is 17.2 Å². The topological polar surface area (TPSA) is 52.9 Å². The Kier molecular flexibility index (Phi) is 4.62.